The lowest BCUT2D eigenvalue weighted by Gasteiger charge is -2.20. The average Bonchev–Trinajstić information content (AvgIpc) is 2.83. The van der Waals surface area contributed by atoms with Crippen LogP contribution < -0.4 is 10.6 Å². The van der Waals surface area contributed by atoms with Crippen LogP contribution in [0.1, 0.15) is 15.9 Å². The largest absolute Gasteiger partial charge is 0.465 e. The zero-order valence-corrected chi connectivity index (χ0v) is 13.9. The molecule has 0 aliphatic carbocycles. The maximum absolute atomic E-state index is 14.1. The Labute approximate surface area is 134 Å². The van der Waals surface area contributed by atoms with Crippen molar-refractivity contribution in [2.24, 2.45) is 0 Å². The Balaban J connectivity index is 2.31. The van der Waals surface area contributed by atoms with Crippen LogP contribution in [0, 0.1) is 5.82 Å². The quantitative estimate of drug-likeness (QED) is 0.657. The van der Waals surface area contributed by atoms with E-state index in [0.717, 1.165) is 15.4 Å². The molecule has 0 unspecified atom stereocenters. The van der Waals surface area contributed by atoms with Gasteiger partial charge in [-0.25, -0.2) is 9.18 Å². The minimum absolute atomic E-state index is 0.0646. The average molecular weight is 373 g/mol. The molecule has 2 rings (SSSR count). The second-order valence-electron chi connectivity index (χ2n) is 4.50. The van der Waals surface area contributed by atoms with Crippen molar-refractivity contribution < 1.29 is 13.9 Å². The molecule has 0 spiro atoms. The van der Waals surface area contributed by atoms with Gasteiger partial charge in [-0.2, -0.15) is 0 Å². The number of benzene rings is 1. The fourth-order valence-electron chi connectivity index (χ4n) is 1.94. The SMILES string of the molecule is COC(=O)c1cc(N(C)Cc2csc(Br)c2)c(F)cc1N. The molecule has 0 aliphatic rings. The number of hydrogen-bond acceptors (Lipinski definition) is 5. The third-order valence-electron chi connectivity index (χ3n) is 2.98. The summed E-state index contributed by atoms with van der Waals surface area (Å²) in [7, 11) is 3.01. The zero-order valence-electron chi connectivity index (χ0n) is 11.5. The van der Waals surface area contributed by atoms with Crippen LogP contribution in [0.4, 0.5) is 15.8 Å². The molecule has 21 heavy (non-hydrogen) atoms. The number of carbonyl (C=O) groups is 1. The maximum Gasteiger partial charge on any atom is 0.340 e. The van der Waals surface area contributed by atoms with E-state index >= 15 is 0 Å². The van der Waals surface area contributed by atoms with E-state index in [-0.39, 0.29) is 11.3 Å². The van der Waals surface area contributed by atoms with Crippen molar-refractivity contribution in [3.05, 3.63) is 44.3 Å². The Bertz CT molecular complexity index is 675. The molecule has 0 saturated heterocycles. The highest BCUT2D eigenvalue weighted by atomic mass is 79.9. The van der Waals surface area contributed by atoms with E-state index in [4.69, 9.17) is 5.73 Å². The number of halogens is 2. The van der Waals surface area contributed by atoms with Crippen molar-refractivity contribution in [3.8, 4) is 0 Å². The summed E-state index contributed by atoms with van der Waals surface area (Å²) in [5, 5.41) is 1.98. The van der Waals surface area contributed by atoms with E-state index in [1.807, 2.05) is 11.4 Å². The Morgan fingerprint density at radius 2 is 2.19 bits per heavy atom. The first kappa shape index (κ1) is 15.8. The molecule has 0 radical (unpaired) electrons. The summed E-state index contributed by atoms with van der Waals surface area (Å²) in [6, 6.07) is 4.52. The van der Waals surface area contributed by atoms with E-state index in [2.05, 4.69) is 20.7 Å². The van der Waals surface area contributed by atoms with Gasteiger partial charge < -0.3 is 15.4 Å². The van der Waals surface area contributed by atoms with Crippen LogP contribution in [0.2, 0.25) is 0 Å². The molecule has 0 bridgehead atoms. The van der Waals surface area contributed by atoms with Crippen LogP contribution >= 0.6 is 27.3 Å². The number of rotatable bonds is 4. The van der Waals surface area contributed by atoms with E-state index in [1.165, 1.54) is 13.2 Å². The van der Waals surface area contributed by atoms with Crippen LogP contribution in [-0.4, -0.2) is 20.1 Å². The van der Waals surface area contributed by atoms with Gasteiger partial charge in [-0.15, -0.1) is 11.3 Å². The van der Waals surface area contributed by atoms with Crippen LogP contribution in [0.5, 0.6) is 0 Å². The number of esters is 1. The van der Waals surface area contributed by atoms with E-state index in [1.54, 1.807) is 23.3 Å². The number of nitrogen functional groups attached to an aromatic ring is 1. The minimum atomic E-state index is -0.583. The number of nitrogens with zero attached hydrogens (tertiary/aromatic N) is 1. The Hall–Kier alpha value is -1.60. The summed E-state index contributed by atoms with van der Waals surface area (Å²) >= 11 is 4.95. The predicted octanol–water partition coefficient (Wildman–Crippen LogP) is 3.65. The fourth-order valence-corrected chi connectivity index (χ4v) is 3.14. The van der Waals surface area contributed by atoms with Crippen LogP contribution in [-0.2, 0) is 11.3 Å². The second kappa shape index (κ2) is 6.44. The summed E-state index contributed by atoms with van der Waals surface area (Å²) in [4.78, 5) is 13.4. The van der Waals surface area contributed by atoms with Gasteiger partial charge in [0.1, 0.15) is 5.82 Å². The molecule has 1 aromatic carbocycles. The van der Waals surface area contributed by atoms with Gasteiger partial charge >= 0.3 is 5.97 Å². The van der Waals surface area contributed by atoms with Crippen LogP contribution in [0.25, 0.3) is 0 Å². The second-order valence-corrected chi connectivity index (χ2v) is 6.79. The number of thiophene rings is 1. The Kier molecular flexibility index (Phi) is 4.84. The van der Waals surface area contributed by atoms with Crippen LogP contribution in [0.15, 0.2) is 27.4 Å². The number of ether oxygens (including phenoxy) is 1. The van der Waals surface area contributed by atoms with Crippen molar-refractivity contribution in [2.45, 2.75) is 6.54 Å². The smallest absolute Gasteiger partial charge is 0.340 e. The molecule has 0 atom stereocenters. The molecule has 1 heterocycles. The van der Waals surface area contributed by atoms with Gasteiger partial charge in [-0.3, -0.25) is 0 Å². The number of anilines is 2. The van der Waals surface area contributed by atoms with Crippen molar-refractivity contribution in [1.82, 2.24) is 0 Å². The van der Waals surface area contributed by atoms with Gasteiger partial charge in [0, 0.05) is 19.3 Å². The van der Waals surface area contributed by atoms with Gasteiger partial charge in [0.05, 0.1) is 22.1 Å². The molecule has 0 amide bonds. The molecule has 1 aromatic heterocycles. The molecular formula is C14H14BrFN2O2S. The lowest BCUT2D eigenvalue weighted by atomic mass is 10.1. The Morgan fingerprint density at radius 1 is 1.48 bits per heavy atom. The third kappa shape index (κ3) is 3.54. The third-order valence-corrected chi connectivity index (χ3v) is 4.53. The first-order chi connectivity index (χ1) is 9.92. The van der Waals surface area contributed by atoms with Crippen molar-refractivity contribution >= 4 is 44.6 Å². The summed E-state index contributed by atoms with van der Waals surface area (Å²) in [5.41, 5.74) is 7.23. The zero-order chi connectivity index (χ0) is 15.6. The molecule has 4 nitrogen and oxygen atoms in total. The standard InChI is InChI=1S/C14H14BrFN2O2S/c1-18(6-8-3-13(15)21-7-8)12-4-9(14(19)20-2)11(17)5-10(12)16/h3-5,7H,6,17H2,1-2H3. The lowest BCUT2D eigenvalue weighted by molar-refractivity contribution is 0.0602. The summed E-state index contributed by atoms with van der Waals surface area (Å²) < 4.78 is 19.7. The predicted molar refractivity (Wildman–Crippen MR) is 86.3 cm³/mol. The van der Waals surface area contributed by atoms with Gasteiger partial charge in [0.25, 0.3) is 0 Å². The topological polar surface area (TPSA) is 55.6 Å². The van der Waals surface area contributed by atoms with E-state index < -0.39 is 11.8 Å². The first-order valence-electron chi connectivity index (χ1n) is 6.03. The summed E-state index contributed by atoms with van der Waals surface area (Å²) in [6.45, 7) is 0.517. The molecule has 2 aromatic rings. The summed E-state index contributed by atoms with van der Waals surface area (Å²) in [6.07, 6.45) is 0. The van der Waals surface area contributed by atoms with Gasteiger partial charge in [0.15, 0.2) is 0 Å². The highest BCUT2D eigenvalue weighted by molar-refractivity contribution is 9.11. The van der Waals surface area contributed by atoms with Crippen molar-refractivity contribution in [1.29, 1.82) is 0 Å². The van der Waals surface area contributed by atoms with Gasteiger partial charge in [0.2, 0.25) is 0 Å². The lowest BCUT2D eigenvalue weighted by Crippen LogP contribution is -2.19. The maximum atomic E-state index is 14.1. The molecular weight excluding hydrogens is 359 g/mol. The highest BCUT2D eigenvalue weighted by Crippen LogP contribution is 2.28. The molecule has 112 valence electrons. The summed E-state index contributed by atoms with van der Waals surface area (Å²) in [5.74, 6) is -1.06. The number of methoxy groups -OCH3 is 1. The van der Waals surface area contributed by atoms with E-state index in [9.17, 15) is 9.18 Å². The molecule has 0 saturated carbocycles. The van der Waals surface area contributed by atoms with Gasteiger partial charge in [-0.05, 0) is 45.1 Å². The minimum Gasteiger partial charge on any atom is -0.465 e. The number of carbonyl (C=O) groups excluding carboxylic acids is 1. The van der Waals surface area contributed by atoms with E-state index in [0.29, 0.717) is 12.2 Å². The fraction of sp³-hybridized carbons (Fsp3) is 0.214. The number of hydrogen-bond donors (Lipinski definition) is 1. The molecule has 0 fully saturated rings. The van der Waals surface area contributed by atoms with Crippen molar-refractivity contribution in [2.75, 3.05) is 24.8 Å². The highest BCUT2D eigenvalue weighted by Gasteiger charge is 2.17. The normalized spacial score (nSPS) is 10.5. The number of nitrogens with two attached hydrogens (primary N) is 1. The molecule has 0 aliphatic heterocycles. The first-order valence-corrected chi connectivity index (χ1v) is 7.71. The van der Waals surface area contributed by atoms with Gasteiger partial charge in [-0.1, -0.05) is 0 Å². The molecule has 2 N–H and O–H groups in total. The monoisotopic (exact) mass is 372 g/mol. The Morgan fingerprint density at radius 3 is 2.76 bits per heavy atom. The van der Waals surface area contributed by atoms with Crippen LogP contribution in [0.3, 0.4) is 0 Å². The van der Waals surface area contributed by atoms with Crippen molar-refractivity contribution in [3.63, 3.8) is 0 Å². The molecule has 7 heteroatoms.